The van der Waals surface area contributed by atoms with Crippen LogP contribution in [0.1, 0.15) is 6.42 Å². The number of urea groups is 1. The van der Waals surface area contributed by atoms with Crippen molar-refractivity contribution in [1.82, 2.24) is 15.2 Å². The van der Waals surface area contributed by atoms with Gasteiger partial charge >= 0.3 is 6.03 Å². The normalized spacial score (nSPS) is 19.0. The molecular weight excluding hydrogens is 318 g/mol. The topological polar surface area (TPSA) is 68.8 Å². The molecule has 0 radical (unpaired) electrons. The van der Waals surface area contributed by atoms with Crippen LogP contribution in [0.5, 0.6) is 0 Å². The first-order valence-corrected chi connectivity index (χ1v) is 8.57. The molecule has 1 N–H and O–H groups in total. The van der Waals surface area contributed by atoms with Crippen LogP contribution in [0.2, 0.25) is 0 Å². The van der Waals surface area contributed by atoms with E-state index in [4.69, 9.17) is 0 Å². The maximum absolute atomic E-state index is 12.6. The highest BCUT2D eigenvalue weighted by Gasteiger charge is 2.31. The molecule has 0 saturated carbocycles. The summed E-state index contributed by atoms with van der Waals surface area (Å²) in [4.78, 5) is 33.9. The van der Waals surface area contributed by atoms with E-state index in [1.54, 1.807) is 11.1 Å². The molecule has 2 aromatic rings. The van der Waals surface area contributed by atoms with Gasteiger partial charge in [0.2, 0.25) is 5.91 Å². The Hall–Kier alpha value is -2.67. The van der Waals surface area contributed by atoms with Crippen LogP contribution in [0.3, 0.4) is 0 Å². The van der Waals surface area contributed by atoms with Crippen molar-refractivity contribution < 1.29 is 9.59 Å². The molecule has 0 spiro atoms. The molecule has 0 atom stereocenters. The van der Waals surface area contributed by atoms with Crippen LogP contribution >= 0.6 is 0 Å². The van der Waals surface area contributed by atoms with Crippen LogP contribution in [0, 0.1) is 0 Å². The average Bonchev–Trinajstić information content (AvgIpc) is 2.66. The zero-order valence-corrected chi connectivity index (χ0v) is 14.2. The molecule has 130 valence electrons. The molecule has 7 nitrogen and oxygen atoms in total. The maximum atomic E-state index is 12.6. The fraction of sp³-hybridized carbons (Fsp3) is 0.389. The van der Waals surface area contributed by atoms with Crippen LogP contribution in [0.25, 0.3) is 10.8 Å². The lowest BCUT2D eigenvalue weighted by atomic mass is 10.1. The van der Waals surface area contributed by atoms with Crippen LogP contribution in [-0.4, -0.2) is 61.6 Å². The molecule has 1 aromatic heterocycles. The van der Waals surface area contributed by atoms with Gasteiger partial charge in [-0.1, -0.05) is 12.1 Å². The Labute approximate surface area is 146 Å². The minimum absolute atomic E-state index is 0.143. The number of pyridine rings is 1. The number of carbonyl (C=O) groups is 2. The number of anilines is 2. The lowest BCUT2D eigenvalue weighted by molar-refractivity contribution is -0.127. The number of piperazine rings is 1. The molecule has 0 bridgehead atoms. The number of nitrogens with one attached hydrogen (secondary N) is 1. The van der Waals surface area contributed by atoms with Gasteiger partial charge < -0.3 is 10.2 Å². The van der Waals surface area contributed by atoms with Crippen molar-refractivity contribution in [3.63, 3.8) is 0 Å². The van der Waals surface area contributed by atoms with Gasteiger partial charge in [-0.05, 0) is 6.07 Å². The van der Waals surface area contributed by atoms with Crippen molar-refractivity contribution in [2.24, 2.45) is 0 Å². The van der Waals surface area contributed by atoms with Crippen molar-refractivity contribution in [3.8, 4) is 0 Å². The van der Waals surface area contributed by atoms with Crippen LogP contribution in [0.4, 0.5) is 16.2 Å². The number of benzene rings is 1. The lowest BCUT2D eigenvalue weighted by Crippen LogP contribution is -2.50. The number of hydrogen-bond acceptors (Lipinski definition) is 5. The molecule has 4 rings (SSSR count). The first-order valence-electron chi connectivity index (χ1n) is 8.57. The number of imide groups is 1. The van der Waals surface area contributed by atoms with E-state index in [1.165, 1.54) is 11.9 Å². The average molecular weight is 339 g/mol. The Bertz CT molecular complexity index is 831. The van der Waals surface area contributed by atoms with E-state index in [-0.39, 0.29) is 11.9 Å². The summed E-state index contributed by atoms with van der Waals surface area (Å²) in [5, 5.41) is 5.39. The van der Waals surface area contributed by atoms with Gasteiger partial charge in [0.25, 0.3) is 0 Å². The Kier molecular flexibility index (Phi) is 4.01. The van der Waals surface area contributed by atoms with E-state index in [1.807, 2.05) is 18.3 Å². The molecule has 0 unspecified atom stereocenters. The highest BCUT2D eigenvalue weighted by Crippen LogP contribution is 2.33. The molecule has 2 aliphatic rings. The van der Waals surface area contributed by atoms with Crippen LogP contribution in [0.15, 0.2) is 30.6 Å². The van der Waals surface area contributed by atoms with Crippen molar-refractivity contribution in [2.45, 2.75) is 6.42 Å². The minimum atomic E-state index is -0.293. The molecular formula is C18H21N5O2. The van der Waals surface area contributed by atoms with Crippen molar-refractivity contribution in [3.05, 3.63) is 30.6 Å². The van der Waals surface area contributed by atoms with E-state index in [2.05, 4.69) is 21.3 Å². The van der Waals surface area contributed by atoms with E-state index >= 15 is 0 Å². The molecule has 3 heterocycles. The summed E-state index contributed by atoms with van der Waals surface area (Å²) >= 11 is 0. The number of carbonyl (C=O) groups excluding carboxylic acids is 2. The SMILES string of the molecule is CN1C(=O)CCN(c2cncc3c(N4CCNCC4)cccc23)C1=O. The Morgan fingerprint density at radius 3 is 2.60 bits per heavy atom. The smallest absolute Gasteiger partial charge is 0.330 e. The first-order chi connectivity index (χ1) is 12.2. The number of rotatable bonds is 2. The predicted molar refractivity (Wildman–Crippen MR) is 97.0 cm³/mol. The maximum Gasteiger partial charge on any atom is 0.330 e. The highest BCUT2D eigenvalue weighted by molar-refractivity contribution is 6.11. The van der Waals surface area contributed by atoms with Gasteiger partial charge in [-0.3, -0.25) is 19.6 Å². The third kappa shape index (κ3) is 2.70. The first kappa shape index (κ1) is 15.8. The quantitative estimate of drug-likeness (QED) is 0.896. The van der Waals surface area contributed by atoms with Gasteiger partial charge in [-0.25, -0.2) is 4.79 Å². The second-order valence-electron chi connectivity index (χ2n) is 6.40. The number of nitrogens with zero attached hydrogens (tertiary/aromatic N) is 4. The second-order valence-corrected chi connectivity index (χ2v) is 6.40. The Morgan fingerprint density at radius 2 is 1.80 bits per heavy atom. The van der Waals surface area contributed by atoms with Gasteiger partial charge in [-0.15, -0.1) is 0 Å². The largest absolute Gasteiger partial charge is 0.368 e. The van der Waals surface area contributed by atoms with Gasteiger partial charge in [0.1, 0.15) is 0 Å². The molecule has 1 aromatic carbocycles. The fourth-order valence-corrected chi connectivity index (χ4v) is 3.54. The van der Waals surface area contributed by atoms with Gasteiger partial charge in [-0.2, -0.15) is 0 Å². The van der Waals surface area contributed by atoms with Crippen molar-refractivity contribution in [2.75, 3.05) is 49.6 Å². The Balaban J connectivity index is 1.78. The monoisotopic (exact) mass is 339 g/mol. The van der Waals surface area contributed by atoms with Crippen molar-refractivity contribution in [1.29, 1.82) is 0 Å². The highest BCUT2D eigenvalue weighted by atomic mass is 16.2. The van der Waals surface area contributed by atoms with E-state index in [9.17, 15) is 9.59 Å². The van der Waals surface area contributed by atoms with Gasteiger partial charge in [0, 0.05) is 68.8 Å². The third-order valence-corrected chi connectivity index (χ3v) is 4.95. The molecule has 0 aliphatic carbocycles. The molecule has 2 aliphatic heterocycles. The zero-order chi connectivity index (χ0) is 17.4. The summed E-state index contributed by atoms with van der Waals surface area (Å²) in [6.07, 6.45) is 3.90. The van der Waals surface area contributed by atoms with Gasteiger partial charge in [0.15, 0.2) is 0 Å². The number of hydrogen-bond donors (Lipinski definition) is 1. The summed E-state index contributed by atoms with van der Waals surface area (Å²) < 4.78 is 0. The van der Waals surface area contributed by atoms with Crippen LogP contribution < -0.4 is 15.1 Å². The van der Waals surface area contributed by atoms with Crippen LogP contribution in [-0.2, 0) is 4.79 Å². The van der Waals surface area contributed by atoms with Crippen molar-refractivity contribution >= 4 is 34.1 Å². The molecule has 2 saturated heterocycles. The Morgan fingerprint density at radius 1 is 1.00 bits per heavy atom. The summed E-state index contributed by atoms with van der Waals surface area (Å²) in [6.45, 7) is 4.20. The number of fused-ring (bicyclic) bond motifs is 1. The summed E-state index contributed by atoms with van der Waals surface area (Å²) in [5.41, 5.74) is 1.90. The molecule has 7 heteroatoms. The number of amides is 3. The summed E-state index contributed by atoms with van der Waals surface area (Å²) in [7, 11) is 1.53. The minimum Gasteiger partial charge on any atom is -0.368 e. The molecule has 2 fully saturated rings. The third-order valence-electron chi connectivity index (χ3n) is 4.95. The predicted octanol–water partition coefficient (Wildman–Crippen LogP) is 1.43. The number of aromatic nitrogens is 1. The molecule has 25 heavy (non-hydrogen) atoms. The second kappa shape index (κ2) is 6.33. The zero-order valence-electron chi connectivity index (χ0n) is 14.2. The summed E-state index contributed by atoms with van der Waals surface area (Å²) in [5.74, 6) is -0.143. The van der Waals surface area contributed by atoms with Gasteiger partial charge in [0.05, 0.1) is 11.9 Å². The van der Waals surface area contributed by atoms with E-state index in [0.29, 0.717) is 13.0 Å². The standard InChI is InChI=1S/C18H21N5O2/c1-21-17(24)5-8-23(18(21)25)16-12-20-11-14-13(16)3-2-4-15(14)22-9-6-19-7-10-22/h2-4,11-12,19H,5-10H2,1H3. The summed E-state index contributed by atoms with van der Waals surface area (Å²) in [6, 6.07) is 5.85. The molecule has 3 amide bonds. The van der Waals surface area contributed by atoms with E-state index in [0.717, 1.165) is 48.3 Å². The fourth-order valence-electron chi connectivity index (χ4n) is 3.54. The lowest BCUT2D eigenvalue weighted by Gasteiger charge is -2.33. The van der Waals surface area contributed by atoms with E-state index < -0.39 is 0 Å².